The summed E-state index contributed by atoms with van der Waals surface area (Å²) >= 11 is 0. The molecule has 0 aliphatic rings. The van der Waals surface area contributed by atoms with Crippen molar-refractivity contribution in [2.24, 2.45) is 12.5 Å². The van der Waals surface area contributed by atoms with Gasteiger partial charge in [-0.3, -0.25) is 19.0 Å². The van der Waals surface area contributed by atoms with Gasteiger partial charge in [-0.25, -0.2) is 4.79 Å². The van der Waals surface area contributed by atoms with Gasteiger partial charge >= 0.3 is 5.69 Å². The zero-order valence-corrected chi connectivity index (χ0v) is 10.4. The molecular weight excluding hydrogens is 220 g/mol. The van der Waals surface area contributed by atoms with Crippen molar-refractivity contribution in [1.29, 1.82) is 0 Å². The smallest absolute Gasteiger partial charge is 0.277 e. The Hall–Kier alpha value is -1.85. The first-order chi connectivity index (χ1) is 7.81. The van der Waals surface area contributed by atoms with Crippen LogP contribution < -0.4 is 11.2 Å². The number of nitrogens with zero attached hydrogens (tertiary/aromatic N) is 3. The minimum Gasteiger partial charge on any atom is -0.277 e. The lowest BCUT2D eigenvalue weighted by molar-refractivity contribution is 0.337. The SMILES string of the molecule is Cn1c(=O)c2cn[nH]c2n(CC(C)(C)C)c1=O. The molecule has 2 rings (SSSR count). The van der Waals surface area contributed by atoms with E-state index >= 15 is 0 Å². The maximum atomic E-state index is 12.1. The molecule has 6 heteroatoms. The Kier molecular flexibility index (Phi) is 2.45. The van der Waals surface area contributed by atoms with Crippen LogP contribution in [0.25, 0.3) is 11.0 Å². The zero-order chi connectivity index (χ0) is 12.8. The topological polar surface area (TPSA) is 72.7 Å². The average Bonchev–Trinajstić information content (AvgIpc) is 2.68. The van der Waals surface area contributed by atoms with E-state index in [1.807, 2.05) is 20.8 Å². The monoisotopic (exact) mass is 236 g/mol. The predicted molar refractivity (Wildman–Crippen MR) is 65.0 cm³/mol. The minimum absolute atomic E-state index is 0.0563. The van der Waals surface area contributed by atoms with Crippen LogP contribution in [0.5, 0.6) is 0 Å². The number of H-pyrrole nitrogens is 1. The summed E-state index contributed by atoms with van der Waals surface area (Å²) in [6, 6.07) is 0. The van der Waals surface area contributed by atoms with Crippen LogP contribution in [0, 0.1) is 5.41 Å². The van der Waals surface area contributed by atoms with Gasteiger partial charge in [0.05, 0.1) is 6.20 Å². The molecule has 1 N–H and O–H groups in total. The molecule has 2 aromatic rings. The van der Waals surface area contributed by atoms with Crippen LogP contribution in [-0.2, 0) is 13.6 Å². The van der Waals surface area contributed by atoms with Gasteiger partial charge in [0.2, 0.25) is 0 Å². The van der Waals surface area contributed by atoms with E-state index in [1.54, 1.807) is 4.57 Å². The number of fused-ring (bicyclic) bond motifs is 1. The second kappa shape index (κ2) is 3.58. The number of hydrogen-bond donors (Lipinski definition) is 1. The fraction of sp³-hybridized carbons (Fsp3) is 0.545. The third-order valence-corrected chi connectivity index (χ3v) is 2.57. The predicted octanol–water partition coefficient (Wildman–Crippen LogP) is 0.469. The van der Waals surface area contributed by atoms with Crippen LogP contribution in [-0.4, -0.2) is 19.3 Å². The van der Waals surface area contributed by atoms with Crippen molar-refractivity contribution < 1.29 is 0 Å². The molecule has 17 heavy (non-hydrogen) atoms. The maximum Gasteiger partial charge on any atom is 0.332 e. The molecule has 0 bridgehead atoms. The standard InChI is InChI=1S/C11H16N4O2/c1-11(2,3)6-15-8-7(5-12-13-8)9(16)14(4)10(15)17/h5H,6H2,1-4H3,(H,12,13). The Bertz CT molecular complexity index is 669. The average molecular weight is 236 g/mol. The van der Waals surface area contributed by atoms with Gasteiger partial charge in [-0.1, -0.05) is 20.8 Å². The van der Waals surface area contributed by atoms with Crippen molar-refractivity contribution in [3.8, 4) is 0 Å². The number of rotatable bonds is 1. The number of aromatic amines is 1. The van der Waals surface area contributed by atoms with E-state index in [9.17, 15) is 9.59 Å². The van der Waals surface area contributed by atoms with Gasteiger partial charge in [-0.05, 0) is 5.41 Å². The van der Waals surface area contributed by atoms with Crippen LogP contribution in [0.4, 0.5) is 0 Å². The lowest BCUT2D eigenvalue weighted by Gasteiger charge is -2.20. The van der Waals surface area contributed by atoms with Crippen LogP contribution in [0.3, 0.4) is 0 Å². The molecule has 0 saturated heterocycles. The van der Waals surface area contributed by atoms with E-state index in [1.165, 1.54) is 13.2 Å². The van der Waals surface area contributed by atoms with E-state index in [4.69, 9.17) is 0 Å². The summed E-state index contributed by atoms with van der Waals surface area (Å²) < 4.78 is 2.67. The zero-order valence-electron chi connectivity index (χ0n) is 10.4. The molecule has 2 heterocycles. The fourth-order valence-corrected chi connectivity index (χ4v) is 1.81. The first-order valence-electron chi connectivity index (χ1n) is 5.44. The summed E-state index contributed by atoms with van der Waals surface area (Å²) in [5.41, 5.74) is -0.196. The van der Waals surface area contributed by atoms with E-state index in [-0.39, 0.29) is 16.7 Å². The molecule has 0 amide bonds. The molecule has 92 valence electrons. The minimum atomic E-state index is -0.318. The largest absolute Gasteiger partial charge is 0.332 e. The maximum absolute atomic E-state index is 12.1. The highest BCUT2D eigenvalue weighted by Gasteiger charge is 2.18. The molecule has 0 atom stereocenters. The lowest BCUT2D eigenvalue weighted by Crippen LogP contribution is -2.39. The molecule has 0 spiro atoms. The van der Waals surface area contributed by atoms with Gasteiger partial charge in [0.1, 0.15) is 11.0 Å². The molecular formula is C11H16N4O2. The summed E-state index contributed by atoms with van der Waals surface area (Å²) in [4.78, 5) is 23.9. The lowest BCUT2D eigenvalue weighted by atomic mass is 9.97. The molecule has 0 fully saturated rings. The second-order valence-electron chi connectivity index (χ2n) is 5.43. The van der Waals surface area contributed by atoms with Crippen LogP contribution in [0.2, 0.25) is 0 Å². The van der Waals surface area contributed by atoms with Crippen molar-refractivity contribution in [3.63, 3.8) is 0 Å². The fourth-order valence-electron chi connectivity index (χ4n) is 1.81. The third-order valence-electron chi connectivity index (χ3n) is 2.57. The first kappa shape index (κ1) is 11.6. The molecule has 6 nitrogen and oxygen atoms in total. The summed E-state index contributed by atoms with van der Waals surface area (Å²) in [6.07, 6.45) is 1.45. The highest BCUT2D eigenvalue weighted by molar-refractivity contribution is 5.72. The number of nitrogens with one attached hydrogen (secondary N) is 1. The summed E-state index contributed by atoms with van der Waals surface area (Å²) in [5, 5.41) is 7.00. The van der Waals surface area contributed by atoms with Crippen LogP contribution in [0.15, 0.2) is 15.8 Å². The Balaban J connectivity index is 2.83. The Labute approximate surface area is 97.9 Å². The van der Waals surface area contributed by atoms with Crippen molar-refractivity contribution >= 4 is 11.0 Å². The highest BCUT2D eigenvalue weighted by atomic mass is 16.2. The summed E-state index contributed by atoms with van der Waals surface area (Å²) in [7, 11) is 1.48. The van der Waals surface area contributed by atoms with E-state index in [0.717, 1.165) is 4.57 Å². The second-order valence-corrected chi connectivity index (χ2v) is 5.43. The van der Waals surface area contributed by atoms with Gasteiger partial charge in [-0.2, -0.15) is 5.10 Å². The Morgan fingerprint density at radius 3 is 2.59 bits per heavy atom. The highest BCUT2D eigenvalue weighted by Crippen LogP contribution is 2.16. The molecule has 0 aliphatic heterocycles. The van der Waals surface area contributed by atoms with Crippen molar-refractivity contribution in [1.82, 2.24) is 19.3 Å². The molecule has 0 aromatic carbocycles. The summed E-state index contributed by atoms with van der Waals surface area (Å²) in [6.45, 7) is 6.63. The number of hydrogen-bond acceptors (Lipinski definition) is 3. The molecule has 0 unspecified atom stereocenters. The number of aromatic nitrogens is 4. The van der Waals surface area contributed by atoms with E-state index in [2.05, 4.69) is 10.2 Å². The van der Waals surface area contributed by atoms with Crippen molar-refractivity contribution in [2.75, 3.05) is 0 Å². The molecule has 0 aliphatic carbocycles. The molecule has 2 aromatic heterocycles. The van der Waals surface area contributed by atoms with Crippen molar-refractivity contribution in [2.45, 2.75) is 27.3 Å². The third kappa shape index (κ3) is 1.90. The van der Waals surface area contributed by atoms with Crippen LogP contribution in [0.1, 0.15) is 20.8 Å². The summed E-state index contributed by atoms with van der Waals surface area (Å²) in [5.74, 6) is 0. The van der Waals surface area contributed by atoms with Gasteiger partial charge in [0.15, 0.2) is 0 Å². The molecule has 0 radical (unpaired) electrons. The first-order valence-corrected chi connectivity index (χ1v) is 5.44. The van der Waals surface area contributed by atoms with Gasteiger partial charge < -0.3 is 0 Å². The normalized spacial score (nSPS) is 12.2. The van der Waals surface area contributed by atoms with E-state index < -0.39 is 0 Å². The van der Waals surface area contributed by atoms with Gasteiger partial charge in [0.25, 0.3) is 5.56 Å². The quantitative estimate of drug-likeness (QED) is 0.782. The van der Waals surface area contributed by atoms with E-state index in [0.29, 0.717) is 17.6 Å². The Morgan fingerprint density at radius 2 is 2.00 bits per heavy atom. The molecule has 0 saturated carbocycles. The van der Waals surface area contributed by atoms with Gasteiger partial charge in [-0.15, -0.1) is 0 Å². The van der Waals surface area contributed by atoms with Crippen LogP contribution >= 0.6 is 0 Å². The van der Waals surface area contributed by atoms with Gasteiger partial charge in [0, 0.05) is 13.6 Å². The Morgan fingerprint density at radius 1 is 1.35 bits per heavy atom. The van der Waals surface area contributed by atoms with Crippen molar-refractivity contribution in [3.05, 3.63) is 27.0 Å².